The molecule has 108 valence electrons. The zero-order valence-corrected chi connectivity index (χ0v) is 12.7. The minimum absolute atomic E-state index is 0.0832. The second-order valence-corrected chi connectivity index (χ2v) is 6.15. The first-order chi connectivity index (χ1) is 9.04. The molecule has 1 amide bonds. The summed E-state index contributed by atoms with van der Waals surface area (Å²) in [5, 5.41) is 12.0. The summed E-state index contributed by atoms with van der Waals surface area (Å²) in [6.07, 6.45) is 8.87. The monoisotopic (exact) mass is 264 g/mol. The molecule has 0 aromatic carbocycles. The van der Waals surface area contributed by atoms with E-state index in [9.17, 15) is 4.79 Å². The van der Waals surface area contributed by atoms with Crippen molar-refractivity contribution >= 4 is 5.91 Å². The Kier molecular flexibility index (Phi) is 6.34. The molecule has 1 fully saturated rings. The van der Waals surface area contributed by atoms with E-state index in [0.29, 0.717) is 6.42 Å². The fourth-order valence-electron chi connectivity index (χ4n) is 2.78. The van der Waals surface area contributed by atoms with Gasteiger partial charge in [-0.3, -0.25) is 4.79 Å². The topological polar surface area (TPSA) is 52.9 Å². The lowest BCUT2D eigenvalue weighted by Crippen LogP contribution is -2.47. The van der Waals surface area contributed by atoms with Crippen LogP contribution in [-0.4, -0.2) is 11.4 Å². The molecule has 1 atom stereocenters. The maximum atomic E-state index is 12.2. The number of unbranched alkanes of at least 4 members (excludes halogenated alkanes) is 1. The highest BCUT2D eigenvalue weighted by molar-refractivity contribution is 5.79. The third-order valence-corrected chi connectivity index (χ3v) is 4.54. The van der Waals surface area contributed by atoms with Crippen LogP contribution >= 0.6 is 0 Å². The van der Waals surface area contributed by atoms with Gasteiger partial charge in [0.15, 0.2) is 0 Å². The smallest absolute Gasteiger partial charge is 0.224 e. The van der Waals surface area contributed by atoms with Crippen molar-refractivity contribution < 1.29 is 4.79 Å². The lowest BCUT2D eigenvalue weighted by molar-refractivity contribution is -0.127. The summed E-state index contributed by atoms with van der Waals surface area (Å²) in [7, 11) is 0. The Labute approximate surface area is 117 Å². The summed E-state index contributed by atoms with van der Waals surface area (Å²) >= 11 is 0. The molecule has 0 aromatic heterocycles. The van der Waals surface area contributed by atoms with Gasteiger partial charge in [0.1, 0.15) is 5.54 Å². The minimum atomic E-state index is -0.698. The van der Waals surface area contributed by atoms with Crippen molar-refractivity contribution in [1.82, 2.24) is 5.32 Å². The molecule has 1 saturated carbocycles. The van der Waals surface area contributed by atoms with E-state index in [4.69, 9.17) is 5.26 Å². The third kappa shape index (κ3) is 4.86. The maximum absolute atomic E-state index is 12.2. The zero-order valence-electron chi connectivity index (χ0n) is 12.7. The molecule has 1 N–H and O–H groups in total. The fourth-order valence-corrected chi connectivity index (χ4v) is 2.78. The van der Waals surface area contributed by atoms with Crippen molar-refractivity contribution in [3.8, 4) is 6.07 Å². The van der Waals surface area contributed by atoms with Crippen LogP contribution in [0.3, 0.4) is 0 Å². The van der Waals surface area contributed by atoms with Crippen LogP contribution in [-0.2, 0) is 4.79 Å². The summed E-state index contributed by atoms with van der Waals surface area (Å²) in [6, 6.07) is 2.20. The molecule has 1 rings (SSSR count). The number of carbonyl (C=O) groups excluding carboxylic acids is 1. The van der Waals surface area contributed by atoms with E-state index in [0.717, 1.165) is 18.8 Å². The lowest BCUT2D eigenvalue weighted by atomic mass is 9.79. The van der Waals surface area contributed by atoms with Gasteiger partial charge in [-0.1, -0.05) is 33.1 Å². The van der Waals surface area contributed by atoms with Crippen LogP contribution in [0.2, 0.25) is 0 Å². The second kappa shape index (κ2) is 7.53. The third-order valence-electron chi connectivity index (χ3n) is 4.54. The molecule has 3 heteroatoms. The van der Waals surface area contributed by atoms with Crippen LogP contribution < -0.4 is 5.32 Å². The molecule has 0 aromatic rings. The maximum Gasteiger partial charge on any atom is 0.224 e. The SMILES string of the molecule is CCCCC1CCC(C(=O)NC(C)(C#N)CC)CC1. The molecule has 1 aliphatic rings. The molecule has 0 aliphatic heterocycles. The number of carbonyl (C=O) groups is 1. The van der Waals surface area contributed by atoms with Crippen molar-refractivity contribution in [1.29, 1.82) is 5.26 Å². The average molecular weight is 264 g/mol. The molecular formula is C16H28N2O. The standard InChI is InChI=1S/C16H28N2O/c1-4-6-7-13-8-10-14(11-9-13)15(19)18-16(3,5-2)12-17/h13-14H,4-11H2,1-3H3,(H,18,19). The first kappa shape index (κ1) is 16.0. The van der Waals surface area contributed by atoms with E-state index in [-0.39, 0.29) is 11.8 Å². The minimum Gasteiger partial charge on any atom is -0.338 e. The van der Waals surface area contributed by atoms with Crippen molar-refractivity contribution in [2.24, 2.45) is 11.8 Å². The van der Waals surface area contributed by atoms with Gasteiger partial charge < -0.3 is 5.32 Å². The van der Waals surface area contributed by atoms with Crippen LogP contribution in [0, 0.1) is 23.2 Å². The van der Waals surface area contributed by atoms with Crippen molar-refractivity contribution in [2.45, 2.75) is 77.7 Å². The molecule has 3 nitrogen and oxygen atoms in total. The molecular weight excluding hydrogens is 236 g/mol. The number of rotatable bonds is 6. The summed E-state index contributed by atoms with van der Waals surface area (Å²) < 4.78 is 0. The normalized spacial score (nSPS) is 26.2. The number of amides is 1. The fraction of sp³-hybridized carbons (Fsp3) is 0.875. The van der Waals surface area contributed by atoms with Gasteiger partial charge in [-0.25, -0.2) is 0 Å². The van der Waals surface area contributed by atoms with Crippen LogP contribution in [0.15, 0.2) is 0 Å². The Morgan fingerprint density at radius 3 is 2.42 bits per heavy atom. The van der Waals surface area contributed by atoms with Gasteiger partial charge in [-0.05, 0) is 44.9 Å². The highest BCUT2D eigenvalue weighted by Crippen LogP contribution is 2.32. The molecule has 1 unspecified atom stereocenters. The largest absolute Gasteiger partial charge is 0.338 e. The molecule has 0 saturated heterocycles. The Balaban J connectivity index is 2.39. The predicted molar refractivity (Wildman–Crippen MR) is 77.4 cm³/mol. The van der Waals surface area contributed by atoms with Crippen LogP contribution in [0.25, 0.3) is 0 Å². The van der Waals surface area contributed by atoms with Gasteiger partial charge in [0.2, 0.25) is 5.91 Å². The Bertz CT molecular complexity index is 326. The predicted octanol–water partition coefficient (Wildman–Crippen LogP) is 3.79. The first-order valence-electron chi connectivity index (χ1n) is 7.78. The highest BCUT2D eigenvalue weighted by Gasteiger charge is 2.30. The first-order valence-corrected chi connectivity index (χ1v) is 7.78. The van der Waals surface area contributed by atoms with E-state index in [1.807, 2.05) is 6.92 Å². The summed E-state index contributed by atoms with van der Waals surface area (Å²) in [6.45, 7) is 5.97. The van der Waals surface area contributed by atoms with Gasteiger partial charge >= 0.3 is 0 Å². The number of hydrogen-bond donors (Lipinski definition) is 1. The molecule has 0 heterocycles. The molecule has 0 spiro atoms. The van der Waals surface area contributed by atoms with Crippen molar-refractivity contribution in [2.75, 3.05) is 0 Å². The van der Waals surface area contributed by atoms with Crippen LogP contribution in [0.1, 0.15) is 72.1 Å². The molecule has 0 bridgehead atoms. The summed E-state index contributed by atoms with van der Waals surface area (Å²) in [4.78, 5) is 12.2. The van der Waals surface area contributed by atoms with Gasteiger partial charge in [-0.15, -0.1) is 0 Å². The van der Waals surface area contributed by atoms with E-state index in [1.54, 1.807) is 6.92 Å². The quantitative estimate of drug-likeness (QED) is 0.793. The summed E-state index contributed by atoms with van der Waals surface area (Å²) in [5.41, 5.74) is -0.698. The number of hydrogen-bond acceptors (Lipinski definition) is 2. The van der Waals surface area contributed by atoms with Gasteiger partial charge in [-0.2, -0.15) is 5.26 Å². The van der Waals surface area contributed by atoms with Gasteiger partial charge in [0.05, 0.1) is 6.07 Å². The van der Waals surface area contributed by atoms with E-state index >= 15 is 0 Å². The lowest BCUT2D eigenvalue weighted by Gasteiger charge is -2.30. The molecule has 0 radical (unpaired) electrons. The van der Waals surface area contributed by atoms with Gasteiger partial charge in [0, 0.05) is 5.92 Å². The average Bonchev–Trinajstić information content (AvgIpc) is 2.45. The van der Waals surface area contributed by atoms with E-state index < -0.39 is 5.54 Å². The highest BCUT2D eigenvalue weighted by atomic mass is 16.2. The van der Waals surface area contributed by atoms with E-state index in [1.165, 1.54) is 32.1 Å². The molecule has 19 heavy (non-hydrogen) atoms. The number of nitrogens with zero attached hydrogens (tertiary/aromatic N) is 1. The van der Waals surface area contributed by atoms with E-state index in [2.05, 4.69) is 18.3 Å². The number of nitrogens with one attached hydrogen (secondary N) is 1. The Hall–Kier alpha value is -1.04. The number of nitriles is 1. The van der Waals surface area contributed by atoms with Crippen LogP contribution in [0.4, 0.5) is 0 Å². The summed E-state index contributed by atoms with van der Waals surface area (Å²) in [5.74, 6) is 1.02. The Morgan fingerprint density at radius 1 is 1.32 bits per heavy atom. The second-order valence-electron chi connectivity index (χ2n) is 6.15. The zero-order chi connectivity index (χ0) is 14.3. The van der Waals surface area contributed by atoms with Gasteiger partial charge in [0.25, 0.3) is 0 Å². The molecule has 1 aliphatic carbocycles. The van der Waals surface area contributed by atoms with Crippen LogP contribution in [0.5, 0.6) is 0 Å². The van der Waals surface area contributed by atoms with Crippen molar-refractivity contribution in [3.05, 3.63) is 0 Å². The Morgan fingerprint density at radius 2 is 1.95 bits per heavy atom. The van der Waals surface area contributed by atoms with Crippen molar-refractivity contribution in [3.63, 3.8) is 0 Å².